The van der Waals surface area contributed by atoms with Gasteiger partial charge in [-0.3, -0.25) is 9.59 Å². The van der Waals surface area contributed by atoms with Crippen LogP contribution in [-0.4, -0.2) is 30.1 Å². The van der Waals surface area contributed by atoms with Crippen LogP contribution in [0, 0.1) is 5.92 Å². The van der Waals surface area contributed by atoms with Crippen molar-refractivity contribution in [1.29, 1.82) is 0 Å². The molecule has 5 heteroatoms. The molecule has 5 nitrogen and oxygen atoms in total. The van der Waals surface area contributed by atoms with Gasteiger partial charge in [0.25, 0.3) is 0 Å². The molecule has 1 aromatic carbocycles. The Hall–Kier alpha value is -2.04. The summed E-state index contributed by atoms with van der Waals surface area (Å²) in [4.78, 5) is 22.7. The fraction of sp³-hybridized carbons (Fsp3) is 0.500. The van der Waals surface area contributed by atoms with E-state index in [9.17, 15) is 9.59 Å². The zero-order valence-electron chi connectivity index (χ0n) is 11.8. The van der Waals surface area contributed by atoms with Crippen molar-refractivity contribution in [3.63, 3.8) is 0 Å². The minimum atomic E-state index is -0.828. The molecule has 1 spiro atoms. The summed E-state index contributed by atoms with van der Waals surface area (Å²) >= 11 is 0. The van der Waals surface area contributed by atoms with Crippen LogP contribution in [0.25, 0.3) is 0 Å². The monoisotopic (exact) mass is 289 g/mol. The van der Waals surface area contributed by atoms with Gasteiger partial charge in [0, 0.05) is 29.9 Å². The highest BCUT2D eigenvalue weighted by Crippen LogP contribution is 2.60. The number of carbonyl (C=O) groups excluding carboxylic acids is 1. The number of aliphatic carboxylic acids is 1. The maximum absolute atomic E-state index is 12.2. The third-order valence-corrected chi connectivity index (χ3v) is 4.49. The molecule has 2 aliphatic rings. The van der Waals surface area contributed by atoms with Gasteiger partial charge in [-0.2, -0.15) is 0 Å². The molecule has 1 aliphatic heterocycles. The Morgan fingerprint density at radius 1 is 1.38 bits per heavy atom. The van der Waals surface area contributed by atoms with E-state index in [0.29, 0.717) is 19.6 Å². The predicted molar refractivity (Wildman–Crippen MR) is 76.2 cm³/mol. The second-order valence-corrected chi connectivity index (χ2v) is 5.80. The Morgan fingerprint density at radius 3 is 3.00 bits per heavy atom. The lowest BCUT2D eigenvalue weighted by atomic mass is 9.87. The maximum atomic E-state index is 12.2. The van der Waals surface area contributed by atoms with Crippen LogP contribution in [0.2, 0.25) is 0 Å². The summed E-state index contributed by atoms with van der Waals surface area (Å²) < 4.78 is 5.66. The van der Waals surface area contributed by atoms with Crippen LogP contribution in [0.15, 0.2) is 24.3 Å². The van der Waals surface area contributed by atoms with Crippen LogP contribution in [0.3, 0.4) is 0 Å². The molecule has 0 saturated heterocycles. The minimum absolute atomic E-state index is 0.00706. The lowest BCUT2D eigenvalue weighted by molar-refractivity contribution is -0.137. The van der Waals surface area contributed by atoms with Crippen molar-refractivity contribution in [2.24, 2.45) is 5.92 Å². The van der Waals surface area contributed by atoms with Gasteiger partial charge < -0.3 is 15.2 Å². The lowest BCUT2D eigenvalue weighted by Gasteiger charge is -2.26. The molecule has 1 saturated carbocycles. The van der Waals surface area contributed by atoms with Crippen molar-refractivity contribution in [2.45, 2.75) is 31.1 Å². The van der Waals surface area contributed by atoms with E-state index in [0.717, 1.165) is 24.2 Å². The number of amides is 1. The molecular formula is C16H19NO4. The normalized spacial score (nSPS) is 25.8. The van der Waals surface area contributed by atoms with Crippen molar-refractivity contribution < 1.29 is 19.4 Å². The fourth-order valence-corrected chi connectivity index (χ4v) is 3.28. The molecule has 2 N–H and O–H groups in total. The molecule has 2 unspecified atom stereocenters. The molecular weight excluding hydrogens is 270 g/mol. The molecule has 0 aromatic heterocycles. The summed E-state index contributed by atoms with van der Waals surface area (Å²) in [5.74, 6) is 0.0971. The van der Waals surface area contributed by atoms with Gasteiger partial charge in [-0.15, -0.1) is 0 Å². The van der Waals surface area contributed by atoms with Crippen LogP contribution in [-0.2, 0) is 15.0 Å². The molecule has 0 bridgehead atoms. The third kappa shape index (κ3) is 2.60. The van der Waals surface area contributed by atoms with Crippen molar-refractivity contribution in [2.75, 3.05) is 13.2 Å². The zero-order chi connectivity index (χ0) is 14.9. The number of para-hydroxylation sites is 1. The number of fused-ring (bicyclic) bond motifs is 2. The topological polar surface area (TPSA) is 75.6 Å². The molecule has 1 fully saturated rings. The molecule has 1 aromatic rings. The number of ether oxygens (including phenoxy) is 1. The summed E-state index contributed by atoms with van der Waals surface area (Å²) in [6.07, 6.45) is 2.29. The highest BCUT2D eigenvalue weighted by atomic mass is 16.5. The third-order valence-electron chi connectivity index (χ3n) is 4.49. The average Bonchev–Trinajstić information content (AvgIpc) is 3.19. The van der Waals surface area contributed by atoms with Crippen molar-refractivity contribution in [1.82, 2.24) is 5.32 Å². The van der Waals surface area contributed by atoms with Gasteiger partial charge in [0.05, 0.1) is 6.61 Å². The second-order valence-electron chi connectivity index (χ2n) is 5.80. The molecule has 21 heavy (non-hydrogen) atoms. The number of benzene rings is 1. The Morgan fingerprint density at radius 2 is 2.19 bits per heavy atom. The fourth-order valence-electron chi connectivity index (χ4n) is 3.28. The number of carboxylic acids is 1. The largest absolute Gasteiger partial charge is 0.493 e. The molecule has 1 aliphatic carbocycles. The van der Waals surface area contributed by atoms with Crippen LogP contribution in [0.1, 0.15) is 31.2 Å². The summed E-state index contributed by atoms with van der Waals surface area (Å²) in [5.41, 5.74) is 1.08. The highest BCUT2D eigenvalue weighted by molar-refractivity contribution is 5.84. The maximum Gasteiger partial charge on any atom is 0.303 e. The van der Waals surface area contributed by atoms with E-state index in [1.165, 1.54) is 0 Å². The first-order valence-electron chi connectivity index (χ1n) is 7.35. The van der Waals surface area contributed by atoms with E-state index >= 15 is 0 Å². The quantitative estimate of drug-likeness (QED) is 0.809. The molecule has 1 heterocycles. The van der Waals surface area contributed by atoms with Crippen molar-refractivity contribution in [3.05, 3.63) is 29.8 Å². The van der Waals surface area contributed by atoms with Gasteiger partial charge in [-0.1, -0.05) is 18.2 Å². The molecule has 3 rings (SSSR count). The standard InChI is InChI=1S/C16H19NO4/c18-14(19)6-3-8-17-15(20)12-10-16(12)7-9-21-13-5-2-1-4-11(13)16/h1-2,4-5,12H,3,6-10H2,(H,17,20)(H,18,19). The minimum Gasteiger partial charge on any atom is -0.493 e. The SMILES string of the molecule is O=C(O)CCCNC(=O)C1CC12CCOc1ccccc12. The Balaban J connectivity index is 1.61. The van der Waals surface area contributed by atoms with E-state index < -0.39 is 5.97 Å². The first-order chi connectivity index (χ1) is 10.1. The second kappa shape index (κ2) is 5.39. The molecule has 112 valence electrons. The number of nitrogens with one attached hydrogen (secondary N) is 1. The highest BCUT2D eigenvalue weighted by Gasteiger charge is 2.60. The Bertz CT molecular complexity index is 571. The van der Waals surface area contributed by atoms with E-state index in [2.05, 4.69) is 5.32 Å². The van der Waals surface area contributed by atoms with Gasteiger partial charge in [-0.25, -0.2) is 0 Å². The molecule has 0 radical (unpaired) electrons. The van der Waals surface area contributed by atoms with Crippen LogP contribution in [0.4, 0.5) is 0 Å². The Labute approximate surface area is 123 Å². The van der Waals surface area contributed by atoms with Gasteiger partial charge in [0.2, 0.25) is 5.91 Å². The van der Waals surface area contributed by atoms with Crippen molar-refractivity contribution >= 4 is 11.9 Å². The molecule has 1 amide bonds. The average molecular weight is 289 g/mol. The van der Waals surface area contributed by atoms with E-state index in [4.69, 9.17) is 9.84 Å². The lowest BCUT2D eigenvalue weighted by Crippen LogP contribution is -2.31. The van der Waals surface area contributed by atoms with E-state index in [-0.39, 0.29) is 23.7 Å². The van der Waals surface area contributed by atoms with Crippen LogP contribution in [0.5, 0.6) is 5.75 Å². The van der Waals surface area contributed by atoms with Gasteiger partial charge in [0.15, 0.2) is 0 Å². The number of rotatable bonds is 5. The number of carbonyl (C=O) groups is 2. The summed E-state index contributed by atoms with van der Waals surface area (Å²) in [6, 6.07) is 7.93. The van der Waals surface area contributed by atoms with Gasteiger partial charge in [0.1, 0.15) is 5.75 Å². The Kier molecular flexibility index (Phi) is 3.57. The molecule has 2 atom stereocenters. The van der Waals surface area contributed by atoms with Crippen molar-refractivity contribution in [3.8, 4) is 5.75 Å². The predicted octanol–water partition coefficient (Wildman–Crippen LogP) is 1.71. The van der Waals surface area contributed by atoms with E-state index in [1.54, 1.807) is 0 Å². The van der Waals surface area contributed by atoms with E-state index in [1.807, 2.05) is 24.3 Å². The summed E-state index contributed by atoms with van der Waals surface area (Å²) in [6.45, 7) is 1.08. The number of carboxylic acid groups (broad SMARTS) is 1. The first-order valence-corrected chi connectivity index (χ1v) is 7.35. The van der Waals surface area contributed by atoms with Crippen LogP contribution >= 0.6 is 0 Å². The van der Waals surface area contributed by atoms with Crippen LogP contribution < -0.4 is 10.1 Å². The number of hydrogen-bond acceptors (Lipinski definition) is 3. The van der Waals surface area contributed by atoms with Gasteiger partial charge >= 0.3 is 5.97 Å². The first kappa shape index (κ1) is 13.9. The smallest absolute Gasteiger partial charge is 0.303 e. The summed E-state index contributed by atoms with van der Waals surface area (Å²) in [7, 11) is 0. The zero-order valence-corrected chi connectivity index (χ0v) is 11.8. The summed E-state index contributed by atoms with van der Waals surface area (Å²) in [5, 5.41) is 11.4. The number of hydrogen-bond donors (Lipinski definition) is 2. The van der Waals surface area contributed by atoms with Gasteiger partial charge in [-0.05, 0) is 25.3 Å².